The molecule has 2 aromatic heterocycles. The summed E-state index contributed by atoms with van der Waals surface area (Å²) in [5, 5.41) is 8.82. The van der Waals surface area contributed by atoms with Crippen LogP contribution >= 0.6 is 31.9 Å². The molecule has 0 radical (unpaired) electrons. The van der Waals surface area contributed by atoms with Crippen LogP contribution in [0.25, 0.3) is 0 Å². The summed E-state index contributed by atoms with van der Waals surface area (Å²) in [5.41, 5.74) is 0. The van der Waals surface area contributed by atoms with Crippen molar-refractivity contribution in [1.82, 2.24) is 4.31 Å². The number of hydrogen-bond donors (Lipinski definition) is 1. The summed E-state index contributed by atoms with van der Waals surface area (Å²) < 4.78 is 36.2. The van der Waals surface area contributed by atoms with Gasteiger partial charge < -0.3 is 13.9 Å². The molecular formula is C11H9Br2NO6S. The summed E-state index contributed by atoms with van der Waals surface area (Å²) in [6.45, 7) is -0.00599. The predicted molar refractivity (Wildman–Crippen MR) is 78.4 cm³/mol. The van der Waals surface area contributed by atoms with Gasteiger partial charge in [0.1, 0.15) is 10.7 Å². The van der Waals surface area contributed by atoms with Crippen molar-refractivity contribution in [2.45, 2.75) is 11.4 Å². The molecular weight excluding hydrogens is 434 g/mol. The maximum atomic E-state index is 12.4. The van der Waals surface area contributed by atoms with Crippen molar-refractivity contribution in [1.29, 1.82) is 0 Å². The number of carbonyl (C=O) groups is 1. The fraction of sp³-hybridized carbons (Fsp3) is 0.182. The van der Waals surface area contributed by atoms with Gasteiger partial charge in [0.15, 0.2) is 9.34 Å². The summed E-state index contributed by atoms with van der Waals surface area (Å²) in [6.07, 6.45) is 0. The first-order valence-electron chi connectivity index (χ1n) is 5.45. The number of rotatable bonds is 5. The molecule has 0 spiro atoms. The molecule has 114 valence electrons. The highest BCUT2D eigenvalue weighted by molar-refractivity contribution is 9.10. The zero-order valence-electron chi connectivity index (χ0n) is 10.5. The van der Waals surface area contributed by atoms with Crippen LogP contribution in [0.15, 0.2) is 41.3 Å². The number of nitrogens with zero attached hydrogens (tertiary/aromatic N) is 1. The molecule has 21 heavy (non-hydrogen) atoms. The number of hydrogen-bond acceptors (Lipinski definition) is 5. The molecule has 0 aromatic carbocycles. The second-order valence-electron chi connectivity index (χ2n) is 4.02. The molecule has 0 aliphatic carbocycles. The number of carboxylic acid groups (broad SMARTS) is 1. The van der Waals surface area contributed by atoms with E-state index in [4.69, 9.17) is 13.9 Å². The van der Waals surface area contributed by atoms with Gasteiger partial charge in [-0.05, 0) is 44.0 Å². The molecule has 2 aromatic rings. The Bertz CT molecular complexity index is 778. The third kappa shape index (κ3) is 3.39. The Kier molecular flexibility index (Phi) is 4.61. The van der Waals surface area contributed by atoms with E-state index in [-0.39, 0.29) is 16.1 Å². The monoisotopic (exact) mass is 441 g/mol. The van der Waals surface area contributed by atoms with Gasteiger partial charge in [0.25, 0.3) is 0 Å². The van der Waals surface area contributed by atoms with Gasteiger partial charge in [0, 0.05) is 13.1 Å². The highest BCUT2D eigenvalue weighted by Crippen LogP contribution is 2.29. The van der Waals surface area contributed by atoms with E-state index in [0.29, 0.717) is 10.4 Å². The summed E-state index contributed by atoms with van der Waals surface area (Å²) in [5.74, 6) is -1.38. The molecule has 0 aliphatic rings. The van der Waals surface area contributed by atoms with Gasteiger partial charge in [-0.25, -0.2) is 13.2 Å². The highest BCUT2D eigenvalue weighted by Gasteiger charge is 2.29. The molecule has 0 bridgehead atoms. The van der Waals surface area contributed by atoms with E-state index in [0.717, 1.165) is 10.4 Å². The average Bonchev–Trinajstić information content (AvgIpc) is 2.96. The van der Waals surface area contributed by atoms with Gasteiger partial charge in [-0.2, -0.15) is 4.31 Å². The number of halogens is 2. The lowest BCUT2D eigenvalue weighted by Gasteiger charge is -2.14. The maximum Gasteiger partial charge on any atom is 0.371 e. The second-order valence-corrected chi connectivity index (χ2v) is 7.54. The lowest BCUT2D eigenvalue weighted by Crippen LogP contribution is -2.26. The fourth-order valence-electron chi connectivity index (χ4n) is 1.54. The van der Waals surface area contributed by atoms with Crippen LogP contribution < -0.4 is 0 Å². The molecule has 0 saturated heterocycles. The number of carboxylic acids is 1. The smallest absolute Gasteiger partial charge is 0.371 e. The molecule has 0 atom stereocenters. The third-order valence-electron chi connectivity index (χ3n) is 2.56. The van der Waals surface area contributed by atoms with E-state index in [1.807, 2.05) is 0 Å². The van der Waals surface area contributed by atoms with Crippen LogP contribution in [-0.2, 0) is 16.6 Å². The van der Waals surface area contributed by atoms with Crippen LogP contribution in [0.3, 0.4) is 0 Å². The Morgan fingerprint density at radius 1 is 1.33 bits per heavy atom. The number of furan rings is 2. The summed E-state index contributed by atoms with van der Waals surface area (Å²) in [7, 11) is -2.56. The minimum atomic E-state index is -3.92. The van der Waals surface area contributed by atoms with E-state index in [1.165, 1.54) is 7.05 Å². The van der Waals surface area contributed by atoms with E-state index in [1.54, 1.807) is 12.1 Å². The predicted octanol–water partition coefficient (Wildman–Crippen LogP) is 2.92. The van der Waals surface area contributed by atoms with E-state index < -0.39 is 21.8 Å². The summed E-state index contributed by atoms with van der Waals surface area (Å²) in [6, 6.07) is 4.23. The lowest BCUT2D eigenvalue weighted by molar-refractivity contribution is 0.0661. The van der Waals surface area contributed by atoms with E-state index in [2.05, 4.69) is 31.9 Å². The first-order valence-corrected chi connectivity index (χ1v) is 8.47. The van der Waals surface area contributed by atoms with Gasteiger partial charge in [-0.1, -0.05) is 0 Å². The zero-order chi connectivity index (χ0) is 15.8. The zero-order valence-corrected chi connectivity index (χ0v) is 14.5. The standard InChI is InChI=1S/C11H9Br2NO6S/c1-14(5-6-2-3-9(12)19-6)21(17,18)8-4-7(11(15)16)20-10(8)13/h2-4H,5H2,1H3,(H,15,16). The molecule has 2 heterocycles. The van der Waals surface area contributed by atoms with Gasteiger partial charge in [0.2, 0.25) is 15.8 Å². The van der Waals surface area contributed by atoms with Crippen molar-refractivity contribution < 1.29 is 27.2 Å². The molecule has 7 nitrogen and oxygen atoms in total. The Morgan fingerprint density at radius 2 is 2.00 bits per heavy atom. The minimum absolute atomic E-state index is 0.00599. The summed E-state index contributed by atoms with van der Waals surface area (Å²) in [4.78, 5) is 10.6. The Hall–Kier alpha value is -1.10. The molecule has 0 fully saturated rings. The first-order chi connectivity index (χ1) is 9.71. The van der Waals surface area contributed by atoms with Crippen molar-refractivity contribution in [2.75, 3.05) is 7.05 Å². The number of aromatic carboxylic acids is 1. The first kappa shape index (κ1) is 16.3. The Morgan fingerprint density at radius 3 is 2.48 bits per heavy atom. The van der Waals surface area contributed by atoms with Crippen LogP contribution in [0.1, 0.15) is 16.3 Å². The maximum absolute atomic E-state index is 12.4. The van der Waals surface area contributed by atoms with Crippen molar-refractivity contribution in [2.24, 2.45) is 0 Å². The fourth-order valence-corrected chi connectivity index (χ4v) is 3.92. The Labute approximate surface area is 136 Å². The number of sulfonamides is 1. The quantitative estimate of drug-likeness (QED) is 0.763. The van der Waals surface area contributed by atoms with Gasteiger partial charge in [-0.3, -0.25) is 0 Å². The van der Waals surface area contributed by atoms with Gasteiger partial charge >= 0.3 is 5.97 Å². The van der Waals surface area contributed by atoms with Gasteiger partial charge in [-0.15, -0.1) is 0 Å². The molecule has 0 unspecified atom stereocenters. The molecule has 0 amide bonds. The molecule has 0 saturated carbocycles. The van der Waals surface area contributed by atoms with Crippen LogP contribution in [0.4, 0.5) is 0 Å². The lowest BCUT2D eigenvalue weighted by atomic mass is 10.4. The van der Waals surface area contributed by atoms with Crippen LogP contribution in [0, 0.1) is 0 Å². The van der Waals surface area contributed by atoms with E-state index in [9.17, 15) is 13.2 Å². The van der Waals surface area contributed by atoms with Gasteiger partial charge in [0.05, 0.1) is 6.54 Å². The average molecular weight is 443 g/mol. The molecule has 2 rings (SSSR count). The van der Waals surface area contributed by atoms with Crippen LogP contribution in [-0.4, -0.2) is 30.8 Å². The molecule has 1 N–H and O–H groups in total. The highest BCUT2D eigenvalue weighted by atomic mass is 79.9. The van der Waals surface area contributed by atoms with Crippen molar-refractivity contribution in [3.05, 3.63) is 39.1 Å². The van der Waals surface area contributed by atoms with Crippen molar-refractivity contribution >= 4 is 47.9 Å². The minimum Gasteiger partial charge on any atom is -0.475 e. The largest absolute Gasteiger partial charge is 0.475 e. The summed E-state index contributed by atoms with van der Waals surface area (Å²) >= 11 is 6.04. The topological polar surface area (TPSA) is 101 Å². The van der Waals surface area contributed by atoms with E-state index >= 15 is 0 Å². The SMILES string of the molecule is CN(Cc1ccc(Br)o1)S(=O)(=O)c1cc(C(=O)O)oc1Br. The Balaban J connectivity index is 2.30. The second kappa shape index (κ2) is 5.95. The molecule has 10 heteroatoms. The van der Waals surface area contributed by atoms with Crippen molar-refractivity contribution in [3.8, 4) is 0 Å². The van der Waals surface area contributed by atoms with Crippen LogP contribution in [0.5, 0.6) is 0 Å². The molecule has 0 aliphatic heterocycles. The third-order valence-corrected chi connectivity index (χ3v) is 5.65. The van der Waals surface area contributed by atoms with Crippen LogP contribution in [0.2, 0.25) is 0 Å². The normalized spacial score (nSPS) is 12.0. The van der Waals surface area contributed by atoms with Crippen molar-refractivity contribution in [3.63, 3.8) is 0 Å².